The second-order valence-electron chi connectivity index (χ2n) is 5.40. The molecule has 0 bridgehead atoms. The van der Waals surface area contributed by atoms with Gasteiger partial charge in [0.05, 0.1) is 22.8 Å². The summed E-state index contributed by atoms with van der Waals surface area (Å²) in [6.45, 7) is 2.66. The molecule has 10 heteroatoms. The molecule has 1 saturated heterocycles. The molecule has 1 fully saturated rings. The van der Waals surface area contributed by atoms with Gasteiger partial charge in [0.15, 0.2) is 16.5 Å². The molecule has 3 aromatic rings. The van der Waals surface area contributed by atoms with Crippen molar-refractivity contribution in [3.05, 3.63) is 40.5 Å². The Morgan fingerprint density at radius 3 is 2.80 bits per heavy atom. The molecule has 0 spiro atoms. The van der Waals surface area contributed by atoms with E-state index in [0.717, 1.165) is 11.2 Å². The predicted octanol–water partition coefficient (Wildman–Crippen LogP) is 2.64. The first-order valence-electron chi connectivity index (χ1n) is 7.52. The molecule has 1 aliphatic heterocycles. The highest BCUT2D eigenvalue weighted by Crippen LogP contribution is 2.35. The molecule has 4 rings (SSSR count). The van der Waals surface area contributed by atoms with Gasteiger partial charge in [-0.3, -0.25) is 10.1 Å². The highest BCUT2D eigenvalue weighted by molar-refractivity contribution is 7.22. The molecular formula is C15H12FN5O3S. The van der Waals surface area contributed by atoms with Crippen LogP contribution in [0.2, 0.25) is 0 Å². The van der Waals surface area contributed by atoms with Crippen LogP contribution in [0.1, 0.15) is 0 Å². The number of pyridine rings is 2. The Kier molecular flexibility index (Phi) is 3.98. The van der Waals surface area contributed by atoms with Gasteiger partial charge in [-0.25, -0.2) is 9.97 Å². The zero-order valence-corrected chi connectivity index (χ0v) is 13.7. The predicted molar refractivity (Wildman–Crippen MR) is 90.3 cm³/mol. The number of aromatic nitrogens is 3. The molecule has 0 amide bonds. The van der Waals surface area contributed by atoms with E-state index in [1.807, 2.05) is 0 Å². The zero-order valence-electron chi connectivity index (χ0n) is 12.9. The maximum absolute atomic E-state index is 13.4. The van der Waals surface area contributed by atoms with E-state index in [1.165, 1.54) is 29.7 Å². The number of nitro groups is 1. The number of hydrogen-bond acceptors (Lipinski definition) is 8. The molecule has 0 aliphatic carbocycles. The summed E-state index contributed by atoms with van der Waals surface area (Å²) >= 11 is 1.35. The minimum atomic E-state index is -0.721. The van der Waals surface area contributed by atoms with Crippen molar-refractivity contribution in [1.29, 1.82) is 0 Å². The van der Waals surface area contributed by atoms with Crippen LogP contribution < -0.4 is 4.90 Å². The normalized spacial score (nSPS) is 14.8. The summed E-state index contributed by atoms with van der Waals surface area (Å²) in [4.78, 5) is 25.3. The highest BCUT2D eigenvalue weighted by Gasteiger charge is 2.23. The van der Waals surface area contributed by atoms with Crippen LogP contribution in [-0.4, -0.2) is 46.2 Å². The van der Waals surface area contributed by atoms with E-state index < -0.39 is 10.9 Å². The van der Waals surface area contributed by atoms with Crippen molar-refractivity contribution < 1.29 is 14.1 Å². The van der Waals surface area contributed by atoms with Crippen molar-refractivity contribution in [3.63, 3.8) is 0 Å². The number of ether oxygens (including phenoxy) is 1. The Morgan fingerprint density at radius 1 is 1.28 bits per heavy atom. The molecule has 0 unspecified atom stereocenters. The Labute approximate surface area is 145 Å². The van der Waals surface area contributed by atoms with Crippen LogP contribution in [-0.2, 0) is 4.74 Å². The number of halogens is 1. The van der Waals surface area contributed by atoms with Gasteiger partial charge in [0.2, 0.25) is 5.95 Å². The number of hydrogen-bond donors (Lipinski definition) is 0. The third-order valence-corrected chi connectivity index (χ3v) is 4.88. The van der Waals surface area contributed by atoms with Gasteiger partial charge in [-0.05, 0) is 6.07 Å². The van der Waals surface area contributed by atoms with Gasteiger partial charge < -0.3 is 9.64 Å². The number of fused-ring (bicyclic) bond motifs is 1. The van der Waals surface area contributed by atoms with Gasteiger partial charge in [0.1, 0.15) is 0 Å². The summed E-state index contributed by atoms with van der Waals surface area (Å²) in [6.07, 6.45) is 1.25. The van der Waals surface area contributed by atoms with Crippen LogP contribution in [0.5, 0.6) is 0 Å². The molecule has 0 saturated carbocycles. The van der Waals surface area contributed by atoms with Gasteiger partial charge in [-0.2, -0.15) is 9.37 Å². The summed E-state index contributed by atoms with van der Waals surface area (Å²) in [5, 5.41) is 12.2. The van der Waals surface area contributed by atoms with Crippen molar-refractivity contribution in [2.75, 3.05) is 31.2 Å². The van der Waals surface area contributed by atoms with Crippen molar-refractivity contribution in [1.82, 2.24) is 15.0 Å². The SMILES string of the molecule is O=[N+]([O-])c1cc2sc(N3CCOCC3)nc2nc1-c1ccnc(F)c1. The molecule has 25 heavy (non-hydrogen) atoms. The van der Waals surface area contributed by atoms with Crippen LogP contribution in [0.25, 0.3) is 21.6 Å². The Bertz CT molecular complexity index is 957. The van der Waals surface area contributed by atoms with Crippen LogP contribution in [0.4, 0.5) is 15.2 Å². The number of rotatable bonds is 3. The summed E-state index contributed by atoms with van der Waals surface area (Å²) in [5.41, 5.74) is 0.597. The summed E-state index contributed by atoms with van der Waals surface area (Å²) in [7, 11) is 0. The van der Waals surface area contributed by atoms with Crippen LogP contribution >= 0.6 is 11.3 Å². The van der Waals surface area contributed by atoms with Crippen molar-refractivity contribution in [2.24, 2.45) is 0 Å². The first kappa shape index (κ1) is 15.8. The molecule has 0 N–H and O–H groups in total. The fourth-order valence-electron chi connectivity index (χ4n) is 2.63. The standard InChI is InChI=1S/C15H12FN5O3S/c16-12-7-9(1-2-17-12)13-10(21(22)23)8-11-14(18-13)19-15(25-11)20-3-5-24-6-4-20/h1-2,7-8H,3-6H2. The molecule has 0 atom stereocenters. The highest BCUT2D eigenvalue weighted by atomic mass is 32.1. The van der Waals surface area contributed by atoms with E-state index in [1.54, 1.807) is 0 Å². The van der Waals surface area contributed by atoms with E-state index in [4.69, 9.17) is 4.74 Å². The Morgan fingerprint density at radius 2 is 2.08 bits per heavy atom. The van der Waals surface area contributed by atoms with E-state index in [0.29, 0.717) is 42.2 Å². The number of nitrogens with zero attached hydrogens (tertiary/aromatic N) is 5. The minimum absolute atomic E-state index is 0.0811. The van der Waals surface area contributed by atoms with Gasteiger partial charge in [-0.1, -0.05) is 11.3 Å². The van der Waals surface area contributed by atoms with E-state index in [2.05, 4.69) is 19.9 Å². The van der Waals surface area contributed by atoms with E-state index in [-0.39, 0.29) is 11.4 Å². The number of thiazole rings is 1. The molecule has 0 radical (unpaired) electrons. The summed E-state index contributed by atoms with van der Waals surface area (Å²) < 4.78 is 19.3. The zero-order chi connectivity index (χ0) is 17.4. The lowest BCUT2D eigenvalue weighted by Crippen LogP contribution is -2.36. The average molecular weight is 361 g/mol. The fourth-order valence-corrected chi connectivity index (χ4v) is 3.63. The largest absolute Gasteiger partial charge is 0.378 e. The third-order valence-electron chi connectivity index (χ3n) is 3.83. The lowest BCUT2D eigenvalue weighted by Gasteiger charge is -2.25. The number of morpholine rings is 1. The maximum atomic E-state index is 13.4. The summed E-state index contributed by atoms with van der Waals surface area (Å²) in [6, 6.07) is 4.05. The number of anilines is 1. The second kappa shape index (κ2) is 6.30. The minimum Gasteiger partial charge on any atom is -0.378 e. The van der Waals surface area contributed by atoms with Gasteiger partial charge in [0, 0.05) is 37.0 Å². The van der Waals surface area contributed by atoms with Crippen molar-refractivity contribution >= 4 is 32.5 Å². The van der Waals surface area contributed by atoms with Gasteiger partial charge in [-0.15, -0.1) is 0 Å². The van der Waals surface area contributed by atoms with Crippen LogP contribution in [0.15, 0.2) is 24.4 Å². The molecule has 4 heterocycles. The molecular weight excluding hydrogens is 349 g/mol. The lowest BCUT2D eigenvalue weighted by molar-refractivity contribution is -0.384. The molecule has 0 aromatic carbocycles. The first-order chi connectivity index (χ1) is 12.1. The summed E-state index contributed by atoms with van der Waals surface area (Å²) in [5.74, 6) is -0.721. The maximum Gasteiger partial charge on any atom is 0.297 e. The van der Waals surface area contributed by atoms with E-state index in [9.17, 15) is 14.5 Å². The monoisotopic (exact) mass is 361 g/mol. The third kappa shape index (κ3) is 3.01. The molecule has 8 nitrogen and oxygen atoms in total. The van der Waals surface area contributed by atoms with Crippen molar-refractivity contribution in [3.8, 4) is 11.3 Å². The topological polar surface area (TPSA) is 94.3 Å². The first-order valence-corrected chi connectivity index (χ1v) is 8.34. The van der Waals surface area contributed by atoms with E-state index >= 15 is 0 Å². The smallest absolute Gasteiger partial charge is 0.297 e. The Balaban J connectivity index is 1.84. The average Bonchev–Trinajstić information content (AvgIpc) is 3.04. The lowest BCUT2D eigenvalue weighted by atomic mass is 10.1. The van der Waals surface area contributed by atoms with Gasteiger partial charge in [0.25, 0.3) is 5.69 Å². The molecule has 128 valence electrons. The van der Waals surface area contributed by atoms with Gasteiger partial charge >= 0.3 is 0 Å². The van der Waals surface area contributed by atoms with Crippen molar-refractivity contribution in [2.45, 2.75) is 0 Å². The molecule has 3 aromatic heterocycles. The molecule has 1 aliphatic rings. The fraction of sp³-hybridized carbons (Fsp3) is 0.267. The second-order valence-corrected chi connectivity index (χ2v) is 6.41. The van der Waals surface area contributed by atoms with Crippen LogP contribution in [0.3, 0.4) is 0 Å². The van der Waals surface area contributed by atoms with Crippen LogP contribution in [0, 0.1) is 16.1 Å². The quantitative estimate of drug-likeness (QED) is 0.402. The Hall–Kier alpha value is -2.72.